The number of para-hydroxylation sites is 2. The number of thiophene rings is 1. The summed E-state index contributed by atoms with van der Waals surface area (Å²) in [5, 5.41) is 14.2. The summed E-state index contributed by atoms with van der Waals surface area (Å²) in [5.74, 6) is 0. The standard InChI is InChI=1S/C54H34N2S/c1-2-13-38-37(12-1)46-30-33(36-18-11-19-45-44-17-6-10-23-53(44)57-54(36)45)24-27-39(46)40-28-25-34(31-47(38)40)56-51-22-9-5-16-43(51)48-32-35(26-29-52(48)56)55-49-20-7-3-14-41(49)42-15-4-8-21-50(42)55/h1-7,9-20,22-32H,8,21H2. The summed E-state index contributed by atoms with van der Waals surface area (Å²) in [6.45, 7) is 0. The molecule has 2 nitrogen and oxygen atoms in total. The first kappa shape index (κ1) is 31.3. The topological polar surface area (TPSA) is 9.86 Å². The van der Waals surface area contributed by atoms with Crippen LogP contribution < -0.4 is 0 Å². The minimum absolute atomic E-state index is 1.05. The minimum Gasteiger partial charge on any atom is -0.313 e. The first-order valence-electron chi connectivity index (χ1n) is 19.9. The molecule has 0 aliphatic heterocycles. The molecule has 0 spiro atoms. The van der Waals surface area contributed by atoms with Crippen LogP contribution in [0.4, 0.5) is 0 Å². The van der Waals surface area contributed by atoms with Gasteiger partial charge < -0.3 is 9.13 Å². The van der Waals surface area contributed by atoms with Gasteiger partial charge in [-0.25, -0.2) is 0 Å². The van der Waals surface area contributed by atoms with E-state index in [0.29, 0.717) is 0 Å². The molecule has 0 unspecified atom stereocenters. The number of fused-ring (bicyclic) bond motifs is 15. The van der Waals surface area contributed by atoms with E-state index in [2.05, 4.69) is 191 Å². The third-order valence-electron chi connectivity index (χ3n) is 12.6. The van der Waals surface area contributed by atoms with Gasteiger partial charge in [-0.3, -0.25) is 0 Å². The van der Waals surface area contributed by atoms with Gasteiger partial charge in [-0.15, -0.1) is 11.3 Å². The fourth-order valence-electron chi connectivity index (χ4n) is 10.1. The second kappa shape index (κ2) is 11.8. The predicted molar refractivity (Wildman–Crippen MR) is 246 cm³/mol. The lowest BCUT2D eigenvalue weighted by atomic mass is 9.91. The Morgan fingerprint density at radius 2 is 1.00 bits per heavy atom. The van der Waals surface area contributed by atoms with Crippen LogP contribution in [0.25, 0.3) is 114 Å². The van der Waals surface area contributed by atoms with Crippen molar-refractivity contribution in [3.63, 3.8) is 0 Å². The maximum Gasteiger partial charge on any atom is 0.0542 e. The Morgan fingerprint density at radius 1 is 0.404 bits per heavy atom. The van der Waals surface area contributed by atoms with Crippen LogP contribution in [-0.2, 0) is 6.42 Å². The number of rotatable bonds is 3. The van der Waals surface area contributed by atoms with Crippen LogP contribution in [0.1, 0.15) is 17.7 Å². The first-order chi connectivity index (χ1) is 28.3. The Labute approximate surface area is 332 Å². The summed E-state index contributed by atoms with van der Waals surface area (Å²) in [6, 6.07) is 63.6. The average molecular weight is 743 g/mol. The normalized spacial score (nSPS) is 13.1. The van der Waals surface area contributed by atoms with Crippen molar-refractivity contribution in [3.05, 3.63) is 187 Å². The highest BCUT2D eigenvalue weighted by Gasteiger charge is 2.21. The summed E-state index contributed by atoms with van der Waals surface area (Å²) >= 11 is 1.90. The molecule has 0 amide bonds. The van der Waals surface area contributed by atoms with Crippen molar-refractivity contribution in [3.8, 4) is 22.5 Å². The zero-order valence-electron chi connectivity index (χ0n) is 31.0. The molecule has 0 fully saturated rings. The molecule has 3 heteroatoms. The molecular weight excluding hydrogens is 709 g/mol. The minimum atomic E-state index is 1.05. The van der Waals surface area contributed by atoms with Gasteiger partial charge in [0.1, 0.15) is 0 Å². The quantitative estimate of drug-likeness (QED) is 0.160. The fourth-order valence-corrected chi connectivity index (χ4v) is 11.3. The Bertz CT molecular complexity index is 3680. The lowest BCUT2D eigenvalue weighted by Crippen LogP contribution is -2.03. The Balaban J connectivity index is 1.01. The van der Waals surface area contributed by atoms with Gasteiger partial charge in [0.25, 0.3) is 0 Å². The van der Waals surface area contributed by atoms with Gasteiger partial charge in [0.2, 0.25) is 0 Å². The zero-order chi connectivity index (χ0) is 37.2. The lowest BCUT2D eigenvalue weighted by molar-refractivity contribution is 0.889. The van der Waals surface area contributed by atoms with Gasteiger partial charge >= 0.3 is 0 Å². The van der Waals surface area contributed by atoms with Crippen LogP contribution in [0.3, 0.4) is 0 Å². The van der Waals surface area contributed by atoms with Crippen molar-refractivity contribution in [1.29, 1.82) is 0 Å². The molecule has 0 radical (unpaired) electrons. The Kier molecular flexibility index (Phi) is 6.47. The van der Waals surface area contributed by atoms with Gasteiger partial charge in [-0.2, -0.15) is 0 Å². The summed E-state index contributed by atoms with van der Waals surface area (Å²) in [6.07, 6.45) is 6.75. The summed E-state index contributed by atoms with van der Waals surface area (Å²) in [7, 11) is 0. The summed E-state index contributed by atoms with van der Waals surface area (Å²) in [5.41, 5.74) is 11.4. The fraction of sp³-hybridized carbons (Fsp3) is 0.0370. The molecule has 266 valence electrons. The maximum atomic E-state index is 2.50. The summed E-state index contributed by atoms with van der Waals surface area (Å²) < 4.78 is 7.65. The van der Waals surface area contributed by atoms with Crippen molar-refractivity contribution < 1.29 is 0 Å². The molecule has 13 rings (SSSR count). The first-order valence-corrected chi connectivity index (χ1v) is 20.7. The van der Waals surface area contributed by atoms with E-state index < -0.39 is 0 Å². The highest BCUT2D eigenvalue weighted by Crippen LogP contribution is 2.44. The van der Waals surface area contributed by atoms with E-state index in [1.54, 1.807) is 0 Å². The van der Waals surface area contributed by atoms with Crippen molar-refractivity contribution in [2.75, 3.05) is 0 Å². The largest absolute Gasteiger partial charge is 0.313 e. The molecule has 3 aromatic heterocycles. The van der Waals surface area contributed by atoms with Crippen molar-refractivity contribution in [1.82, 2.24) is 9.13 Å². The number of allylic oxidation sites excluding steroid dienone is 1. The zero-order valence-corrected chi connectivity index (χ0v) is 31.9. The maximum absolute atomic E-state index is 2.50. The van der Waals surface area contributed by atoms with Crippen LogP contribution in [0.15, 0.2) is 176 Å². The van der Waals surface area contributed by atoms with Crippen molar-refractivity contribution >= 4 is 103 Å². The molecule has 0 atom stereocenters. The van der Waals surface area contributed by atoms with E-state index in [4.69, 9.17) is 0 Å². The van der Waals surface area contributed by atoms with Gasteiger partial charge in [-0.1, -0.05) is 127 Å². The second-order valence-electron chi connectivity index (χ2n) is 15.5. The van der Waals surface area contributed by atoms with Crippen LogP contribution >= 0.6 is 11.3 Å². The molecule has 3 heterocycles. The molecule has 1 aliphatic carbocycles. The monoisotopic (exact) mass is 742 g/mol. The van der Waals surface area contributed by atoms with Crippen molar-refractivity contribution in [2.24, 2.45) is 0 Å². The lowest BCUT2D eigenvalue weighted by Gasteiger charge is -2.15. The molecule has 12 aromatic rings. The molecule has 0 N–H and O–H groups in total. The van der Waals surface area contributed by atoms with Crippen LogP contribution in [0.5, 0.6) is 0 Å². The van der Waals surface area contributed by atoms with Crippen molar-refractivity contribution in [2.45, 2.75) is 12.8 Å². The predicted octanol–water partition coefficient (Wildman–Crippen LogP) is 15.2. The van der Waals surface area contributed by atoms with E-state index in [9.17, 15) is 0 Å². The van der Waals surface area contributed by atoms with E-state index in [1.807, 2.05) is 11.3 Å². The third-order valence-corrected chi connectivity index (χ3v) is 13.8. The number of hydrogen-bond donors (Lipinski definition) is 0. The van der Waals surface area contributed by atoms with E-state index in [-0.39, 0.29) is 0 Å². The van der Waals surface area contributed by atoms with E-state index in [0.717, 1.165) is 12.8 Å². The number of hydrogen-bond acceptors (Lipinski definition) is 1. The van der Waals surface area contributed by atoms with Crippen LogP contribution in [-0.4, -0.2) is 9.13 Å². The van der Waals surface area contributed by atoms with Gasteiger partial charge in [0, 0.05) is 59.0 Å². The van der Waals surface area contributed by atoms with Crippen LogP contribution in [0.2, 0.25) is 0 Å². The third kappa shape index (κ3) is 4.40. The molecule has 0 saturated carbocycles. The van der Waals surface area contributed by atoms with Crippen LogP contribution in [0, 0.1) is 0 Å². The SMILES string of the molecule is C1=Cc2c(n(-c3ccc4c(c3)c3ccccc3n4-c3ccc4c5ccc(-c6cccc7c6sc6ccccc67)cc5c5ccccc5c4c3)c3ccccc23)CC1. The molecule has 0 saturated heterocycles. The van der Waals surface area contributed by atoms with Gasteiger partial charge in [0.05, 0.1) is 16.6 Å². The van der Waals surface area contributed by atoms with Gasteiger partial charge in [-0.05, 0) is 111 Å². The Hall–Kier alpha value is -6.94. The molecule has 0 bridgehead atoms. The van der Waals surface area contributed by atoms with E-state index >= 15 is 0 Å². The second-order valence-corrected chi connectivity index (χ2v) is 16.6. The molecule has 57 heavy (non-hydrogen) atoms. The van der Waals surface area contributed by atoms with Gasteiger partial charge in [0.15, 0.2) is 0 Å². The molecule has 9 aromatic carbocycles. The average Bonchev–Trinajstić information content (AvgIpc) is 3.94. The smallest absolute Gasteiger partial charge is 0.0542 e. The molecule has 1 aliphatic rings. The highest BCUT2D eigenvalue weighted by molar-refractivity contribution is 7.26. The Morgan fingerprint density at radius 3 is 1.84 bits per heavy atom. The number of benzene rings is 9. The number of nitrogens with zero attached hydrogens (tertiary/aromatic N) is 2. The highest BCUT2D eigenvalue weighted by atomic mass is 32.1. The summed E-state index contributed by atoms with van der Waals surface area (Å²) in [4.78, 5) is 0. The number of aromatic nitrogens is 2. The van der Waals surface area contributed by atoms with E-state index in [1.165, 1.54) is 119 Å². The molecular formula is C54H34N2S.